The van der Waals surface area contributed by atoms with Gasteiger partial charge in [-0.2, -0.15) is 0 Å². The standard InChI is InChI=1S/C17H17ClFN5O/c18-13-5-12-10(7-21-15(12)6-14(13)19)3-4-20-17(25)11-1-2-16-23-22-9-24(16)8-11/h5-7,9,11,21H,1-4,8H2,(H,20,25). The van der Waals surface area contributed by atoms with Gasteiger partial charge in [-0.25, -0.2) is 4.39 Å². The number of carbonyl (C=O) groups excluding carboxylic acids is 1. The fourth-order valence-corrected chi connectivity index (χ4v) is 3.48. The average molecular weight is 362 g/mol. The molecule has 130 valence electrons. The Morgan fingerprint density at radius 1 is 1.48 bits per heavy atom. The van der Waals surface area contributed by atoms with E-state index in [1.807, 2.05) is 10.8 Å². The highest BCUT2D eigenvalue weighted by Gasteiger charge is 2.25. The quantitative estimate of drug-likeness (QED) is 0.749. The summed E-state index contributed by atoms with van der Waals surface area (Å²) in [5.74, 6) is 0.478. The summed E-state index contributed by atoms with van der Waals surface area (Å²) in [6.07, 6.45) is 5.70. The van der Waals surface area contributed by atoms with Crippen LogP contribution in [0.3, 0.4) is 0 Å². The van der Waals surface area contributed by atoms with Gasteiger partial charge in [0.15, 0.2) is 0 Å². The van der Waals surface area contributed by atoms with Crippen LogP contribution in [0.4, 0.5) is 4.39 Å². The van der Waals surface area contributed by atoms with E-state index in [2.05, 4.69) is 20.5 Å². The van der Waals surface area contributed by atoms with Gasteiger partial charge in [0.1, 0.15) is 18.0 Å². The lowest BCUT2D eigenvalue weighted by atomic mass is 9.98. The van der Waals surface area contributed by atoms with Gasteiger partial charge in [-0.15, -0.1) is 10.2 Å². The van der Waals surface area contributed by atoms with E-state index in [9.17, 15) is 9.18 Å². The van der Waals surface area contributed by atoms with Crippen molar-refractivity contribution in [3.05, 3.63) is 46.9 Å². The van der Waals surface area contributed by atoms with Crippen molar-refractivity contribution < 1.29 is 9.18 Å². The van der Waals surface area contributed by atoms with Gasteiger partial charge in [-0.1, -0.05) is 11.6 Å². The Balaban J connectivity index is 1.36. The Bertz CT molecular complexity index is 934. The van der Waals surface area contributed by atoms with E-state index in [1.165, 1.54) is 6.07 Å². The zero-order valence-electron chi connectivity index (χ0n) is 13.4. The third kappa shape index (κ3) is 3.11. The Morgan fingerprint density at radius 3 is 3.24 bits per heavy atom. The molecule has 4 rings (SSSR count). The topological polar surface area (TPSA) is 75.6 Å². The molecule has 0 fully saturated rings. The van der Waals surface area contributed by atoms with Gasteiger partial charge in [0.25, 0.3) is 0 Å². The number of amides is 1. The molecule has 1 amide bonds. The second-order valence-corrected chi connectivity index (χ2v) is 6.71. The molecule has 0 radical (unpaired) electrons. The van der Waals surface area contributed by atoms with Crippen LogP contribution in [-0.4, -0.2) is 32.2 Å². The molecule has 0 bridgehead atoms. The van der Waals surface area contributed by atoms with Gasteiger partial charge in [-0.3, -0.25) is 4.79 Å². The third-order valence-corrected chi connectivity index (χ3v) is 4.99. The van der Waals surface area contributed by atoms with Crippen LogP contribution in [-0.2, 0) is 24.2 Å². The number of aromatic amines is 1. The van der Waals surface area contributed by atoms with Crippen LogP contribution in [0.5, 0.6) is 0 Å². The summed E-state index contributed by atoms with van der Waals surface area (Å²) in [6, 6.07) is 3.01. The van der Waals surface area contributed by atoms with Crippen molar-refractivity contribution in [2.75, 3.05) is 6.54 Å². The van der Waals surface area contributed by atoms with Crippen molar-refractivity contribution in [3.63, 3.8) is 0 Å². The third-order valence-electron chi connectivity index (χ3n) is 4.70. The molecule has 3 aromatic rings. The van der Waals surface area contributed by atoms with Crippen LogP contribution in [0.25, 0.3) is 10.9 Å². The number of H-pyrrole nitrogens is 1. The van der Waals surface area contributed by atoms with Gasteiger partial charge >= 0.3 is 0 Å². The number of carbonyl (C=O) groups is 1. The van der Waals surface area contributed by atoms with Crippen molar-refractivity contribution in [3.8, 4) is 0 Å². The molecule has 0 spiro atoms. The number of rotatable bonds is 4. The van der Waals surface area contributed by atoms with E-state index in [1.54, 1.807) is 12.4 Å². The fraction of sp³-hybridized carbons (Fsp3) is 0.353. The predicted molar refractivity (Wildman–Crippen MR) is 91.8 cm³/mol. The van der Waals surface area contributed by atoms with Crippen molar-refractivity contribution in [2.45, 2.75) is 25.8 Å². The summed E-state index contributed by atoms with van der Waals surface area (Å²) in [4.78, 5) is 15.4. The van der Waals surface area contributed by atoms with Crippen LogP contribution in [0.15, 0.2) is 24.7 Å². The molecule has 6 nitrogen and oxygen atoms in total. The Morgan fingerprint density at radius 2 is 2.36 bits per heavy atom. The van der Waals surface area contributed by atoms with Gasteiger partial charge in [-0.05, 0) is 30.5 Å². The molecular weight excluding hydrogens is 345 g/mol. The Kier molecular flexibility index (Phi) is 4.17. The molecule has 0 saturated heterocycles. The van der Waals surface area contributed by atoms with Crippen molar-refractivity contribution >= 4 is 28.4 Å². The number of benzene rings is 1. The maximum atomic E-state index is 13.5. The first-order chi connectivity index (χ1) is 12.1. The molecule has 2 N–H and O–H groups in total. The van der Waals surface area contributed by atoms with Crippen LogP contribution in [0, 0.1) is 11.7 Å². The van der Waals surface area contributed by atoms with Crippen molar-refractivity contribution in [2.24, 2.45) is 5.92 Å². The lowest BCUT2D eigenvalue weighted by molar-refractivity contribution is -0.125. The van der Waals surface area contributed by atoms with Gasteiger partial charge < -0.3 is 14.9 Å². The number of nitrogens with one attached hydrogen (secondary N) is 2. The van der Waals surface area contributed by atoms with Gasteiger partial charge in [0.05, 0.1) is 10.9 Å². The Labute approximate surface area is 148 Å². The normalized spacial score (nSPS) is 16.8. The van der Waals surface area contributed by atoms with E-state index < -0.39 is 5.82 Å². The molecule has 1 unspecified atom stereocenters. The average Bonchev–Trinajstić information content (AvgIpc) is 3.22. The van der Waals surface area contributed by atoms with Crippen LogP contribution < -0.4 is 5.32 Å². The van der Waals surface area contributed by atoms with Crippen molar-refractivity contribution in [1.29, 1.82) is 0 Å². The molecule has 8 heteroatoms. The monoisotopic (exact) mass is 361 g/mol. The predicted octanol–water partition coefficient (Wildman–Crippen LogP) is 2.47. The smallest absolute Gasteiger partial charge is 0.224 e. The minimum Gasteiger partial charge on any atom is -0.361 e. The number of nitrogens with zero attached hydrogens (tertiary/aromatic N) is 3. The fourth-order valence-electron chi connectivity index (χ4n) is 3.32. The molecule has 1 aliphatic heterocycles. The van der Waals surface area contributed by atoms with E-state index in [-0.39, 0.29) is 16.8 Å². The van der Waals surface area contributed by atoms with Gasteiger partial charge in [0, 0.05) is 36.6 Å². The summed E-state index contributed by atoms with van der Waals surface area (Å²) in [5, 5.41) is 11.9. The molecule has 0 aliphatic carbocycles. The summed E-state index contributed by atoms with van der Waals surface area (Å²) in [7, 11) is 0. The summed E-state index contributed by atoms with van der Waals surface area (Å²) < 4.78 is 15.4. The van der Waals surface area contributed by atoms with E-state index >= 15 is 0 Å². The molecule has 3 heterocycles. The molecule has 1 atom stereocenters. The maximum Gasteiger partial charge on any atom is 0.224 e. The largest absolute Gasteiger partial charge is 0.361 e. The molecule has 0 saturated carbocycles. The van der Waals surface area contributed by atoms with E-state index in [0.29, 0.717) is 25.0 Å². The lowest BCUT2D eigenvalue weighted by Crippen LogP contribution is -2.36. The van der Waals surface area contributed by atoms with Crippen molar-refractivity contribution in [1.82, 2.24) is 25.1 Å². The number of aryl methyl sites for hydroxylation is 1. The summed E-state index contributed by atoms with van der Waals surface area (Å²) in [6.45, 7) is 1.14. The summed E-state index contributed by atoms with van der Waals surface area (Å²) in [5.41, 5.74) is 1.71. The van der Waals surface area contributed by atoms with Crippen LogP contribution in [0.1, 0.15) is 17.8 Å². The zero-order valence-corrected chi connectivity index (χ0v) is 14.2. The highest BCUT2D eigenvalue weighted by atomic mass is 35.5. The maximum absolute atomic E-state index is 13.5. The molecule has 2 aromatic heterocycles. The number of halogens is 2. The first-order valence-electron chi connectivity index (χ1n) is 8.21. The zero-order chi connectivity index (χ0) is 17.4. The summed E-state index contributed by atoms with van der Waals surface area (Å²) >= 11 is 5.86. The first kappa shape index (κ1) is 16.1. The van der Waals surface area contributed by atoms with E-state index in [4.69, 9.17) is 11.6 Å². The number of hydrogen-bond acceptors (Lipinski definition) is 3. The first-order valence-corrected chi connectivity index (χ1v) is 8.59. The Hall–Kier alpha value is -2.41. The molecule has 25 heavy (non-hydrogen) atoms. The van der Waals surface area contributed by atoms with Crippen LogP contribution >= 0.6 is 11.6 Å². The second kappa shape index (κ2) is 6.48. The lowest BCUT2D eigenvalue weighted by Gasteiger charge is -2.22. The molecule has 1 aromatic carbocycles. The van der Waals surface area contributed by atoms with Crippen LogP contribution in [0.2, 0.25) is 5.02 Å². The van der Waals surface area contributed by atoms with Gasteiger partial charge in [0.2, 0.25) is 5.91 Å². The highest BCUT2D eigenvalue weighted by molar-refractivity contribution is 6.31. The molecular formula is C17H17ClFN5O. The second-order valence-electron chi connectivity index (χ2n) is 6.30. The highest BCUT2D eigenvalue weighted by Crippen LogP contribution is 2.25. The SMILES string of the molecule is O=C(NCCc1c[nH]c2cc(F)c(Cl)cc12)C1CCc2nncn2C1. The minimum absolute atomic E-state index is 0.0447. The van der Waals surface area contributed by atoms with E-state index in [0.717, 1.165) is 29.6 Å². The minimum atomic E-state index is -0.443. The number of fused-ring (bicyclic) bond motifs is 2. The number of aromatic nitrogens is 4. The number of hydrogen-bond donors (Lipinski definition) is 2. The molecule has 1 aliphatic rings.